The zero-order valence-electron chi connectivity index (χ0n) is 9.40. The fraction of sp³-hybridized carbons (Fsp3) is 0.667. The summed E-state index contributed by atoms with van der Waals surface area (Å²) in [6, 6.07) is 2.36. The first-order valence-corrected chi connectivity index (χ1v) is 6.52. The Bertz CT molecular complexity index is 323. The second kappa shape index (κ2) is 4.64. The molecule has 0 spiro atoms. The number of aryl methyl sites for hydroxylation is 1. The zero-order chi connectivity index (χ0) is 10.8. The highest BCUT2D eigenvalue weighted by Gasteiger charge is 2.32. The van der Waals surface area contributed by atoms with Crippen LogP contribution in [0.4, 0.5) is 0 Å². The first-order chi connectivity index (χ1) is 7.22. The molecule has 1 aromatic heterocycles. The summed E-state index contributed by atoms with van der Waals surface area (Å²) in [5.41, 5.74) is 7.59. The van der Waals surface area contributed by atoms with E-state index in [9.17, 15) is 0 Å². The largest absolute Gasteiger partial charge is 0.378 e. The smallest absolute Gasteiger partial charge is 0.0619 e. The molecule has 1 saturated heterocycles. The summed E-state index contributed by atoms with van der Waals surface area (Å²) in [5, 5.41) is 2.19. The van der Waals surface area contributed by atoms with Crippen LogP contribution in [0.2, 0.25) is 0 Å². The monoisotopic (exact) mass is 225 g/mol. The third kappa shape index (κ3) is 2.25. The van der Waals surface area contributed by atoms with E-state index in [2.05, 4.69) is 25.3 Å². The minimum Gasteiger partial charge on any atom is -0.378 e. The Labute approximate surface area is 95.4 Å². The second-order valence-corrected chi connectivity index (χ2v) is 5.40. The fourth-order valence-corrected chi connectivity index (χ4v) is 3.13. The lowest BCUT2D eigenvalue weighted by atomic mass is 9.88. The van der Waals surface area contributed by atoms with Crippen molar-refractivity contribution in [1.29, 1.82) is 0 Å². The molecule has 84 valence electrons. The summed E-state index contributed by atoms with van der Waals surface area (Å²) < 4.78 is 5.69. The van der Waals surface area contributed by atoms with Gasteiger partial charge in [-0.05, 0) is 36.8 Å². The van der Waals surface area contributed by atoms with E-state index >= 15 is 0 Å². The number of ether oxygens (including phenoxy) is 1. The van der Waals surface area contributed by atoms with Gasteiger partial charge in [0.1, 0.15) is 0 Å². The fourth-order valence-electron chi connectivity index (χ4n) is 2.38. The van der Waals surface area contributed by atoms with Crippen molar-refractivity contribution < 1.29 is 4.74 Å². The molecule has 0 saturated carbocycles. The van der Waals surface area contributed by atoms with E-state index in [1.54, 1.807) is 11.3 Å². The zero-order valence-corrected chi connectivity index (χ0v) is 10.2. The van der Waals surface area contributed by atoms with Gasteiger partial charge in [0.2, 0.25) is 0 Å². The Morgan fingerprint density at radius 3 is 3.07 bits per heavy atom. The average Bonchev–Trinajstić information content (AvgIpc) is 2.84. The molecule has 1 aliphatic heterocycles. The third-order valence-corrected chi connectivity index (χ3v) is 4.14. The Hall–Kier alpha value is -0.380. The van der Waals surface area contributed by atoms with Gasteiger partial charge in [0.05, 0.1) is 6.10 Å². The van der Waals surface area contributed by atoms with Crippen LogP contribution in [0.25, 0.3) is 0 Å². The van der Waals surface area contributed by atoms with Crippen molar-refractivity contribution in [2.75, 3.05) is 6.61 Å². The van der Waals surface area contributed by atoms with Crippen LogP contribution in [0.5, 0.6) is 0 Å². The molecule has 0 bridgehead atoms. The van der Waals surface area contributed by atoms with E-state index in [1.807, 2.05) is 0 Å². The minimum absolute atomic E-state index is 0.155. The lowest BCUT2D eigenvalue weighted by Crippen LogP contribution is -2.27. The second-order valence-electron chi connectivity index (χ2n) is 4.29. The Morgan fingerprint density at radius 2 is 2.47 bits per heavy atom. The van der Waals surface area contributed by atoms with Crippen LogP contribution in [0, 0.1) is 12.8 Å². The van der Waals surface area contributed by atoms with Crippen LogP contribution in [0.3, 0.4) is 0 Å². The molecule has 1 fully saturated rings. The molecule has 2 rings (SSSR count). The van der Waals surface area contributed by atoms with Crippen molar-refractivity contribution in [3.05, 3.63) is 21.9 Å². The van der Waals surface area contributed by atoms with Gasteiger partial charge in [-0.3, -0.25) is 0 Å². The number of rotatable bonds is 3. The summed E-state index contributed by atoms with van der Waals surface area (Å²) in [5.74, 6) is 0.504. The molecular weight excluding hydrogens is 206 g/mol. The van der Waals surface area contributed by atoms with Crippen LogP contribution >= 0.6 is 11.3 Å². The van der Waals surface area contributed by atoms with Crippen molar-refractivity contribution in [3.8, 4) is 0 Å². The molecule has 1 aliphatic rings. The maximum absolute atomic E-state index is 6.31. The molecular formula is C12H19NOS. The summed E-state index contributed by atoms with van der Waals surface area (Å²) >= 11 is 1.78. The van der Waals surface area contributed by atoms with E-state index in [0.717, 1.165) is 19.4 Å². The molecule has 2 nitrogen and oxygen atoms in total. The van der Waals surface area contributed by atoms with Gasteiger partial charge >= 0.3 is 0 Å². The number of hydrogen-bond donors (Lipinski definition) is 1. The van der Waals surface area contributed by atoms with Gasteiger partial charge in [0.15, 0.2) is 0 Å². The molecule has 1 aromatic rings. The highest BCUT2D eigenvalue weighted by atomic mass is 32.1. The lowest BCUT2D eigenvalue weighted by Gasteiger charge is -2.23. The van der Waals surface area contributed by atoms with Gasteiger partial charge in [-0.15, -0.1) is 11.3 Å². The number of thiophene rings is 1. The Balaban J connectivity index is 2.10. The molecule has 2 N–H and O–H groups in total. The van der Waals surface area contributed by atoms with E-state index in [1.165, 1.54) is 10.4 Å². The Kier molecular flexibility index (Phi) is 3.44. The molecule has 15 heavy (non-hydrogen) atoms. The van der Waals surface area contributed by atoms with Crippen molar-refractivity contribution in [2.24, 2.45) is 11.7 Å². The van der Waals surface area contributed by atoms with E-state index in [0.29, 0.717) is 12.0 Å². The third-order valence-electron chi connectivity index (χ3n) is 3.26. The highest BCUT2D eigenvalue weighted by molar-refractivity contribution is 7.10. The molecule has 3 heteroatoms. The predicted molar refractivity (Wildman–Crippen MR) is 64.1 cm³/mol. The number of nitrogens with two attached hydrogens (primary N) is 1. The molecule has 2 heterocycles. The quantitative estimate of drug-likeness (QED) is 0.858. The summed E-state index contributed by atoms with van der Waals surface area (Å²) in [6.07, 6.45) is 2.54. The van der Waals surface area contributed by atoms with Crippen molar-refractivity contribution in [1.82, 2.24) is 0 Å². The normalized spacial score (nSPS) is 28.2. The molecule has 0 radical (unpaired) electrons. The number of hydrogen-bond acceptors (Lipinski definition) is 3. The highest BCUT2D eigenvalue weighted by Crippen LogP contribution is 2.34. The molecule has 0 amide bonds. The molecule has 0 aliphatic carbocycles. The summed E-state index contributed by atoms with van der Waals surface area (Å²) in [4.78, 5) is 1.34. The van der Waals surface area contributed by atoms with Crippen LogP contribution in [-0.2, 0) is 4.74 Å². The van der Waals surface area contributed by atoms with Crippen molar-refractivity contribution >= 4 is 11.3 Å². The summed E-state index contributed by atoms with van der Waals surface area (Å²) in [7, 11) is 0. The van der Waals surface area contributed by atoms with Crippen molar-refractivity contribution in [3.63, 3.8) is 0 Å². The van der Waals surface area contributed by atoms with E-state index in [-0.39, 0.29) is 6.04 Å². The van der Waals surface area contributed by atoms with Crippen LogP contribution in [-0.4, -0.2) is 12.7 Å². The van der Waals surface area contributed by atoms with Crippen molar-refractivity contribution in [2.45, 2.75) is 38.8 Å². The van der Waals surface area contributed by atoms with E-state index < -0.39 is 0 Å². The summed E-state index contributed by atoms with van der Waals surface area (Å²) in [6.45, 7) is 5.18. The topological polar surface area (TPSA) is 35.2 Å². The maximum Gasteiger partial charge on any atom is 0.0619 e. The molecule has 0 aromatic carbocycles. The minimum atomic E-state index is 0.155. The molecule has 3 atom stereocenters. The van der Waals surface area contributed by atoms with Gasteiger partial charge in [-0.25, -0.2) is 0 Å². The SMILES string of the molecule is CCC1OCCC1C(N)c1csc(C)c1. The first kappa shape index (κ1) is 11.1. The first-order valence-electron chi connectivity index (χ1n) is 5.64. The van der Waals surface area contributed by atoms with Gasteiger partial charge in [-0.2, -0.15) is 0 Å². The van der Waals surface area contributed by atoms with Crippen LogP contribution < -0.4 is 5.73 Å². The van der Waals surface area contributed by atoms with Gasteiger partial charge in [0, 0.05) is 23.4 Å². The lowest BCUT2D eigenvalue weighted by molar-refractivity contribution is 0.0814. The van der Waals surface area contributed by atoms with Gasteiger partial charge in [-0.1, -0.05) is 6.92 Å². The van der Waals surface area contributed by atoms with Gasteiger partial charge < -0.3 is 10.5 Å². The predicted octanol–water partition coefficient (Wildman–Crippen LogP) is 2.87. The average molecular weight is 225 g/mol. The van der Waals surface area contributed by atoms with Crippen LogP contribution in [0.15, 0.2) is 11.4 Å². The standard InChI is InChI=1S/C12H19NOS/c1-3-11-10(4-5-14-11)12(13)9-6-8(2)15-7-9/h6-7,10-12H,3-5,13H2,1-2H3. The van der Waals surface area contributed by atoms with E-state index in [4.69, 9.17) is 10.5 Å². The molecule has 3 unspecified atom stereocenters. The van der Waals surface area contributed by atoms with Gasteiger partial charge in [0.25, 0.3) is 0 Å². The Morgan fingerprint density at radius 1 is 1.67 bits per heavy atom. The van der Waals surface area contributed by atoms with Crippen LogP contribution in [0.1, 0.15) is 36.2 Å². The maximum atomic E-state index is 6.31.